The molecule has 1 saturated heterocycles. The lowest BCUT2D eigenvalue weighted by Crippen LogP contribution is -2.30. The van der Waals surface area contributed by atoms with E-state index in [1.807, 2.05) is 55.7 Å². The van der Waals surface area contributed by atoms with Gasteiger partial charge in [-0.1, -0.05) is 29.8 Å². The molecule has 1 aliphatic heterocycles. The van der Waals surface area contributed by atoms with Crippen molar-refractivity contribution in [1.82, 2.24) is 14.8 Å². The third-order valence-electron chi connectivity index (χ3n) is 5.77. The van der Waals surface area contributed by atoms with Crippen LogP contribution in [0.15, 0.2) is 54.2 Å². The number of urea groups is 1. The third-order valence-corrected chi connectivity index (χ3v) is 5.77. The van der Waals surface area contributed by atoms with Gasteiger partial charge in [0.15, 0.2) is 0 Å². The average Bonchev–Trinajstić information content (AvgIpc) is 3.22. The van der Waals surface area contributed by atoms with E-state index in [0.717, 1.165) is 28.1 Å². The van der Waals surface area contributed by atoms with Gasteiger partial charge in [-0.25, -0.2) is 4.79 Å². The van der Waals surface area contributed by atoms with Crippen molar-refractivity contribution in [2.75, 3.05) is 7.11 Å². The number of carbonyl (C=O) groups excluding carboxylic acids is 2. The number of aryl methyl sites for hydroxylation is 2. The summed E-state index contributed by atoms with van der Waals surface area (Å²) < 4.78 is 7.28. The average molecular weight is 460 g/mol. The van der Waals surface area contributed by atoms with Crippen LogP contribution in [0.4, 0.5) is 10.5 Å². The number of nitrogens with one attached hydrogen (secondary N) is 1. The zero-order valence-electron chi connectivity index (χ0n) is 19.3. The Morgan fingerprint density at radius 3 is 2.53 bits per heavy atom. The van der Waals surface area contributed by atoms with Gasteiger partial charge in [0.25, 0.3) is 11.6 Å². The summed E-state index contributed by atoms with van der Waals surface area (Å²) in [6.45, 7) is 5.89. The monoisotopic (exact) mass is 460 g/mol. The van der Waals surface area contributed by atoms with Gasteiger partial charge in [0, 0.05) is 17.5 Å². The molecule has 1 fully saturated rings. The van der Waals surface area contributed by atoms with Gasteiger partial charge in [-0.3, -0.25) is 19.8 Å². The number of hydrogen-bond acceptors (Lipinski definition) is 5. The number of carbonyl (C=O) groups is 2. The van der Waals surface area contributed by atoms with Crippen LogP contribution in [0.5, 0.6) is 5.75 Å². The van der Waals surface area contributed by atoms with E-state index in [0.29, 0.717) is 11.4 Å². The van der Waals surface area contributed by atoms with Crippen LogP contribution in [0, 0.1) is 30.9 Å². The van der Waals surface area contributed by atoms with E-state index in [9.17, 15) is 19.7 Å². The molecule has 0 unspecified atom stereocenters. The van der Waals surface area contributed by atoms with Crippen LogP contribution in [0.2, 0.25) is 0 Å². The second kappa shape index (κ2) is 8.86. The first-order valence-corrected chi connectivity index (χ1v) is 10.6. The highest BCUT2D eigenvalue weighted by molar-refractivity contribution is 6.14. The molecule has 2 heterocycles. The topological polar surface area (TPSA) is 107 Å². The maximum atomic E-state index is 13.0. The third kappa shape index (κ3) is 4.15. The lowest BCUT2D eigenvalue weighted by atomic mass is 10.1. The summed E-state index contributed by atoms with van der Waals surface area (Å²) in [6, 6.07) is 13.5. The molecule has 0 spiro atoms. The minimum Gasteiger partial charge on any atom is -0.494 e. The van der Waals surface area contributed by atoms with Crippen molar-refractivity contribution >= 4 is 23.7 Å². The van der Waals surface area contributed by atoms with Crippen molar-refractivity contribution in [2.24, 2.45) is 0 Å². The molecule has 0 aliphatic carbocycles. The van der Waals surface area contributed by atoms with Crippen molar-refractivity contribution in [2.45, 2.75) is 27.3 Å². The summed E-state index contributed by atoms with van der Waals surface area (Å²) in [5.41, 5.74) is 5.03. The number of imide groups is 1. The van der Waals surface area contributed by atoms with Gasteiger partial charge in [0.2, 0.25) is 0 Å². The normalized spacial score (nSPS) is 14.6. The fraction of sp³-hybridized carbons (Fsp3) is 0.200. The second-order valence-electron chi connectivity index (χ2n) is 8.14. The molecule has 9 heteroatoms. The molecular weight excluding hydrogens is 436 g/mol. The largest absolute Gasteiger partial charge is 0.494 e. The van der Waals surface area contributed by atoms with Gasteiger partial charge in [-0.2, -0.15) is 0 Å². The Hall–Kier alpha value is -4.40. The Kier molecular flexibility index (Phi) is 5.93. The molecule has 0 atom stereocenters. The van der Waals surface area contributed by atoms with Gasteiger partial charge in [-0.05, 0) is 50.1 Å². The van der Waals surface area contributed by atoms with Crippen molar-refractivity contribution in [3.63, 3.8) is 0 Å². The van der Waals surface area contributed by atoms with Crippen LogP contribution >= 0.6 is 0 Å². The number of ether oxygens (including phenoxy) is 1. The Labute approximate surface area is 196 Å². The van der Waals surface area contributed by atoms with Crippen molar-refractivity contribution in [3.8, 4) is 11.4 Å². The standard InChI is InChI=1S/C25H24N4O5/c1-15-6-5-7-18(10-15)14-27-24(30)21(26-25(27)31)12-19-11-16(2)28(17(19)3)22-9-8-20(29(32)33)13-23(22)34-4/h5-13H,14H2,1-4H3,(H,26,31)/b21-12+. The van der Waals surface area contributed by atoms with Crippen LogP contribution in [0.1, 0.15) is 28.1 Å². The molecule has 34 heavy (non-hydrogen) atoms. The fourth-order valence-corrected chi connectivity index (χ4v) is 4.13. The summed E-state index contributed by atoms with van der Waals surface area (Å²) in [6.07, 6.45) is 1.65. The van der Waals surface area contributed by atoms with Crippen LogP contribution in [0.25, 0.3) is 11.8 Å². The first-order chi connectivity index (χ1) is 16.2. The predicted molar refractivity (Wildman–Crippen MR) is 127 cm³/mol. The molecule has 3 amide bonds. The number of benzene rings is 2. The lowest BCUT2D eigenvalue weighted by Gasteiger charge is -2.14. The van der Waals surface area contributed by atoms with E-state index in [2.05, 4.69) is 5.32 Å². The highest BCUT2D eigenvalue weighted by atomic mass is 16.6. The number of hydrogen-bond donors (Lipinski definition) is 1. The minimum absolute atomic E-state index is 0.0710. The number of rotatable bonds is 6. The van der Waals surface area contributed by atoms with E-state index in [1.165, 1.54) is 24.1 Å². The number of nitro groups is 1. The highest BCUT2D eigenvalue weighted by Crippen LogP contribution is 2.32. The molecule has 4 rings (SSSR count). The number of aromatic nitrogens is 1. The molecular formula is C25H24N4O5. The first-order valence-electron chi connectivity index (χ1n) is 10.6. The number of amides is 3. The molecule has 2 aromatic carbocycles. The van der Waals surface area contributed by atoms with Crippen molar-refractivity contribution in [1.29, 1.82) is 0 Å². The smallest absolute Gasteiger partial charge is 0.329 e. The zero-order chi connectivity index (χ0) is 24.6. The van der Waals surface area contributed by atoms with Gasteiger partial charge >= 0.3 is 6.03 Å². The molecule has 174 valence electrons. The van der Waals surface area contributed by atoms with Crippen LogP contribution < -0.4 is 10.1 Å². The Morgan fingerprint density at radius 1 is 1.09 bits per heavy atom. The number of nitrogens with zero attached hydrogens (tertiary/aromatic N) is 3. The fourth-order valence-electron chi connectivity index (χ4n) is 4.13. The van der Waals surface area contributed by atoms with Crippen LogP contribution in [-0.4, -0.2) is 33.4 Å². The SMILES string of the molecule is COc1cc([N+](=O)[O-])ccc1-n1c(C)cc(/C=C2/NC(=O)N(Cc3cccc(C)c3)C2=O)c1C. The Morgan fingerprint density at radius 2 is 1.85 bits per heavy atom. The second-order valence-corrected chi connectivity index (χ2v) is 8.14. The van der Waals surface area contributed by atoms with Crippen LogP contribution in [0.3, 0.4) is 0 Å². The summed E-state index contributed by atoms with van der Waals surface area (Å²) in [7, 11) is 1.45. The lowest BCUT2D eigenvalue weighted by molar-refractivity contribution is -0.384. The molecule has 1 aliphatic rings. The highest BCUT2D eigenvalue weighted by Gasteiger charge is 2.33. The molecule has 0 bridgehead atoms. The number of nitro benzene ring substituents is 1. The summed E-state index contributed by atoms with van der Waals surface area (Å²) >= 11 is 0. The predicted octanol–water partition coefficient (Wildman–Crippen LogP) is 4.41. The Balaban J connectivity index is 1.66. The molecule has 1 aromatic heterocycles. The van der Waals surface area contributed by atoms with Gasteiger partial charge in [0.05, 0.1) is 30.3 Å². The minimum atomic E-state index is -0.478. The van der Waals surface area contributed by atoms with Gasteiger partial charge in [0.1, 0.15) is 11.4 Å². The summed E-state index contributed by atoms with van der Waals surface area (Å²) in [5, 5.41) is 13.8. The maximum absolute atomic E-state index is 13.0. The Bertz CT molecular complexity index is 1360. The van der Waals surface area contributed by atoms with Gasteiger partial charge < -0.3 is 14.6 Å². The quantitative estimate of drug-likeness (QED) is 0.254. The summed E-state index contributed by atoms with van der Waals surface area (Å²) in [5.74, 6) is -0.0472. The van der Waals surface area contributed by atoms with Gasteiger partial charge in [-0.15, -0.1) is 0 Å². The molecule has 3 aromatic rings. The zero-order valence-corrected chi connectivity index (χ0v) is 19.3. The molecule has 1 N–H and O–H groups in total. The first kappa shape index (κ1) is 22.8. The van der Waals surface area contributed by atoms with E-state index in [4.69, 9.17) is 4.74 Å². The van der Waals surface area contributed by atoms with E-state index >= 15 is 0 Å². The van der Waals surface area contributed by atoms with Crippen molar-refractivity contribution in [3.05, 3.63) is 92.4 Å². The molecule has 0 radical (unpaired) electrons. The van der Waals surface area contributed by atoms with E-state index < -0.39 is 16.9 Å². The number of methoxy groups -OCH3 is 1. The van der Waals surface area contributed by atoms with Crippen molar-refractivity contribution < 1.29 is 19.2 Å². The van der Waals surface area contributed by atoms with E-state index in [-0.39, 0.29) is 17.9 Å². The summed E-state index contributed by atoms with van der Waals surface area (Å²) in [4.78, 5) is 37.3. The molecule has 9 nitrogen and oxygen atoms in total. The number of non-ortho nitro benzene ring substituents is 1. The molecule has 0 saturated carbocycles. The maximum Gasteiger partial charge on any atom is 0.329 e. The van der Waals surface area contributed by atoms with E-state index in [1.54, 1.807) is 12.1 Å². The van der Waals surface area contributed by atoms with Crippen LogP contribution in [-0.2, 0) is 11.3 Å².